The predicted molar refractivity (Wildman–Crippen MR) is 59.4 cm³/mol. The number of alkyl halides is 1. The number of piperidine rings is 1. The maximum Gasteiger partial charge on any atom is 0.0411 e. The topological polar surface area (TPSA) is 3.24 Å². The lowest BCUT2D eigenvalue weighted by atomic mass is 9.83. The lowest BCUT2D eigenvalue weighted by molar-refractivity contribution is 0.121. The van der Waals surface area contributed by atoms with Crippen molar-refractivity contribution in [2.45, 2.75) is 45.4 Å². The van der Waals surface area contributed by atoms with Gasteiger partial charge in [0, 0.05) is 11.9 Å². The third-order valence-corrected chi connectivity index (χ3v) is 3.81. The standard InChI is InChI=1S/C11H22ClN/c1-4-5-7-13-8-6-10(12)11(2,3)9-13/h10H,4-9H2,1-3H3. The van der Waals surface area contributed by atoms with Crippen LogP contribution in [0.4, 0.5) is 0 Å². The summed E-state index contributed by atoms with van der Waals surface area (Å²) in [4.78, 5) is 2.56. The monoisotopic (exact) mass is 203 g/mol. The lowest BCUT2D eigenvalue weighted by Gasteiger charge is -2.41. The first-order valence-corrected chi connectivity index (χ1v) is 5.86. The Morgan fingerprint density at radius 2 is 2.15 bits per heavy atom. The van der Waals surface area contributed by atoms with E-state index in [0.29, 0.717) is 10.8 Å². The smallest absolute Gasteiger partial charge is 0.0411 e. The highest BCUT2D eigenvalue weighted by atomic mass is 35.5. The molecule has 1 fully saturated rings. The van der Waals surface area contributed by atoms with Crippen LogP contribution in [0, 0.1) is 5.41 Å². The summed E-state index contributed by atoms with van der Waals surface area (Å²) in [6, 6.07) is 0. The summed E-state index contributed by atoms with van der Waals surface area (Å²) in [5.41, 5.74) is 0.299. The third-order valence-electron chi connectivity index (χ3n) is 3.01. The van der Waals surface area contributed by atoms with Crippen molar-refractivity contribution >= 4 is 11.6 Å². The van der Waals surface area contributed by atoms with Crippen LogP contribution in [-0.2, 0) is 0 Å². The Hall–Kier alpha value is 0.250. The van der Waals surface area contributed by atoms with Crippen LogP contribution >= 0.6 is 11.6 Å². The van der Waals surface area contributed by atoms with Gasteiger partial charge in [-0.1, -0.05) is 27.2 Å². The molecule has 0 spiro atoms. The first kappa shape index (κ1) is 11.3. The molecule has 1 atom stereocenters. The summed E-state index contributed by atoms with van der Waals surface area (Å²) in [5.74, 6) is 0. The second-order valence-corrected chi connectivity index (χ2v) is 5.40. The van der Waals surface area contributed by atoms with Crippen molar-refractivity contribution in [1.82, 2.24) is 4.90 Å². The van der Waals surface area contributed by atoms with Crippen LogP contribution in [0.2, 0.25) is 0 Å². The molecule has 0 N–H and O–H groups in total. The average molecular weight is 204 g/mol. The molecule has 1 aliphatic rings. The third kappa shape index (κ3) is 3.14. The van der Waals surface area contributed by atoms with Crippen LogP contribution in [0.25, 0.3) is 0 Å². The minimum Gasteiger partial charge on any atom is -0.303 e. The van der Waals surface area contributed by atoms with Crippen molar-refractivity contribution in [2.75, 3.05) is 19.6 Å². The zero-order chi connectivity index (χ0) is 9.90. The van der Waals surface area contributed by atoms with Gasteiger partial charge in [0.1, 0.15) is 0 Å². The maximum atomic E-state index is 6.28. The van der Waals surface area contributed by atoms with Crippen LogP contribution in [0.15, 0.2) is 0 Å². The quantitative estimate of drug-likeness (QED) is 0.638. The average Bonchev–Trinajstić information content (AvgIpc) is 2.07. The summed E-state index contributed by atoms with van der Waals surface area (Å²) in [5, 5.41) is 0.366. The Kier molecular flexibility index (Phi) is 4.06. The van der Waals surface area contributed by atoms with Crippen molar-refractivity contribution in [1.29, 1.82) is 0 Å². The molecular formula is C11H22ClN. The number of unbranched alkanes of at least 4 members (excludes halogenated alkanes) is 1. The molecule has 1 saturated heterocycles. The van der Waals surface area contributed by atoms with Gasteiger partial charge in [-0.2, -0.15) is 0 Å². The van der Waals surface area contributed by atoms with Gasteiger partial charge in [0.05, 0.1) is 0 Å². The minimum atomic E-state index is 0.299. The normalized spacial score (nSPS) is 29.1. The molecule has 1 rings (SSSR count). The Labute approximate surface area is 87.4 Å². The molecule has 0 aromatic heterocycles. The van der Waals surface area contributed by atoms with E-state index in [9.17, 15) is 0 Å². The fraction of sp³-hybridized carbons (Fsp3) is 1.00. The van der Waals surface area contributed by atoms with E-state index in [0.717, 1.165) is 6.42 Å². The molecule has 1 aliphatic heterocycles. The van der Waals surface area contributed by atoms with Gasteiger partial charge in [0.15, 0.2) is 0 Å². The highest BCUT2D eigenvalue weighted by molar-refractivity contribution is 6.21. The predicted octanol–water partition coefficient (Wildman–Crippen LogP) is 3.13. The fourth-order valence-electron chi connectivity index (χ4n) is 2.01. The van der Waals surface area contributed by atoms with Crippen molar-refractivity contribution in [2.24, 2.45) is 5.41 Å². The largest absolute Gasteiger partial charge is 0.303 e. The van der Waals surface area contributed by atoms with E-state index in [1.165, 1.54) is 32.5 Å². The van der Waals surface area contributed by atoms with Crippen LogP contribution in [-0.4, -0.2) is 29.9 Å². The maximum absolute atomic E-state index is 6.28. The number of likely N-dealkylation sites (tertiary alicyclic amines) is 1. The van der Waals surface area contributed by atoms with E-state index in [4.69, 9.17) is 11.6 Å². The van der Waals surface area contributed by atoms with Crippen LogP contribution < -0.4 is 0 Å². The molecule has 1 nitrogen and oxygen atoms in total. The molecule has 1 heterocycles. The second kappa shape index (κ2) is 4.65. The van der Waals surface area contributed by atoms with Crippen molar-refractivity contribution in [3.05, 3.63) is 0 Å². The number of rotatable bonds is 3. The number of hydrogen-bond donors (Lipinski definition) is 0. The molecular weight excluding hydrogens is 182 g/mol. The number of hydrogen-bond acceptors (Lipinski definition) is 1. The minimum absolute atomic E-state index is 0.299. The van der Waals surface area contributed by atoms with Gasteiger partial charge in [-0.3, -0.25) is 0 Å². The fourth-order valence-corrected chi connectivity index (χ4v) is 2.18. The molecule has 0 aliphatic carbocycles. The Balaban J connectivity index is 2.37. The summed E-state index contributed by atoms with van der Waals surface area (Å²) >= 11 is 6.28. The molecule has 0 bridgehead atoms. The van der Waals surface area contributed by atoms with E-state index in [2.05, 4.69) is 25.7 Å². The van der Waals surface area contributed by atoms with Crippen LogP contribution in [0.3, 0.4) is 0 Å². The molecule has 0 radical (unpaired) electrons. The summed E-state index contributed by atoms with van der Waals surface area (Å²) in [7, 11) is 0. The number of halogens is 1. The van der Waals surface area contributed by atoms with E-state index < -0.39 is 0 Å². The molecule has 78 valence electrons. The molecule has 13 heavy (non-hydrogen) atoms. The first-order valence-electron chi connectivity index (χ1n) is 5.42. The lowest BCUT2D eigenvalue weighted by Crippen LogP contribution is -2.46. The van der Waals surface area contributed by atoms with Crippen molar-refractivity contribution in [3.63, 3.8) is 0 Å². The number of nitrogens with zero attached hydrogens (tertiary/aromatic N) is 1. The molecule has 0 aromatic carbocycles. The zero-order valence-electron chi connectivity index (χ0n) is 9.15. The molecule has 1 unspecified atom stereocenters. The second-order valence-electron chi connectivity index (χ2n) is 4.87. The van der Waals surface area contributed by atoms with E-state index in [1.54, 1.807) is 0 Å². The summed E-state index contributed by atoms with van der Waals surface area (Å²) < 4.78 is 0. The van der Waals surface area contributed by atoms with E-state index in [1.807, 2.05) is 0 Å². The van der Waals surface area contributed by atoms with Gasteiger partial charge < -0.3 is 4.90 Å². The van der Waals surface area contributed by atoms with Crippen molar-refractivity contribution < 1.29 is 0 Å². The SMILES string of the molecule is CCCCN1CCC(Cl)C(C)(C)C1. The molecule has 0 aromatic rings. The summed E-state index contributed by atoms with van der Waals surface area (Å²) in [6.45, 7) is 10.4. The zero-order valence-corrected chi connectivity index (χ0v) is 9.90. The van der Waals surface area contributed by atoms with Gasteiger partial charge in [-0.25, -0.2) is 0 Å². The highest BCUT2D eigenvalue weighted by Crippen LogP contribution is 2.33. The van der Waals surface area contributed by atoms with E-state index in [-0.39, 0.29) is 0 Å². The molecule has 0 saturated carbocycles. The molecule has 2 heteroatoms. The van der Waals surface area contributed by atoms with Gasteiger partial charge in [0.2, 0.25) is 0 Å². The Bertz CT molecular complexity index is 154. The molecule has 0 amide bonds. The van der Waals surface area contributed by atoms with Gasteiger partial charge in [-0.15, -0.1) is 11.6 Å². The summed E-state index contributed by atoms with van der Waals surface area (Å²) in [6.07, 6.45) is 3.77. The highest BCUT2D eigenvalue weighted by Gasteiger charge is 2.33. The van der Waals surface area contributed by atoms with Gasteiger partial charge in [-0.05, 0) is 31.3 Å². The Morgan fingerprint density at radius 1 is 1.46 bits per heavy atom. The van der Waals surface area contributed by atoms with Crippen LogP contribution in [0.1, 0.15) is 40.0 Å². The Morgan fingerprint density at radius 3 is 2.69 bits per heavy atom. The van der Waals surface area contributed by atoms with Crippen LogP contribution in [0.5, 0.6) is 0 Å². The van der Waals surface area contributed by atoms with Gasteiger partial charge in [0.25, 0.3) is 0 Å². The van der Waals surface area contributed by atoms with E-state index >= 15 is 0 Å². The van der Waals surface area contributed by atoms with Crippen molar-refractivity contribution in [3.8, 4) is 0 Å². The first-order chi connectivity index (χ1) is 6.06. The van der Waals surface area contributed by atoms with Gasteiger partial charge >= 0.3 is 0 Å².